The van der Waals surface area contributed by atoms with E-state index in [9.17, 15) is 13.2 Å². The van der Waals surface area contributed by atoms with Gasteiger partial charge in [0, 0.05) is 6.20 Å². The summed E-state index contributed by atoms with van der Waals surface area (Å²) in [5.41, 5.74) is 4.61. The summed E-state index contributed by atoms with van der Waals surface area (Å²) in [4.78, 5) is 3.85. The highest BCUT2D eigenvalue weighted by Crippen LogP contribution is 2.33. The average molecular weight is 297 g/mol. The molecule has 0 unspecified atom stereocenters. The van der Waals surface area contributed by atoms with Crippen molar-refractivity contribution < 1.29 is 23.1 Å². The van der Waals surface area contributed by atoms with Gasteiger partial charge in [0.15, 0.2) is 17.3 Å². The maximum absolute atomic E-state index is 12.6. The number of amidine groups is 1. The maximum atomic E-state index is 12.6. The van der Waals surface area contributed by atoms with Crippen molar-refractivity contribution in [1.82, 2.24) is 4.98 Å². The van der Waals surface area contributed by atoms with Gasteiger partial charge in [-0.05, 0) is 30.3 Å². The van der Waals surface area contributed by atoms with Gasteiger partial charge in [0.2, 0.25) is 0 Å². The van der Waals surface area contributed by atoms with Crippen LogP contribution in [0.25, 0.3) is 0 Å². The monoisotopic (exact) mass is 297 g/mol. The number of alkyl halides is 3. The molecule has 3 N–H and O–H groups in total. The maximum Gasteiger partial charge on any atom is 0.416 e. The zero-order valence-corrected chi connectivity index (χ0v) is 10.5. The fourth-order valence-electron chi connectivity index (χ4n) is 1.58. The summed E-state index contributed by atoms with van der Waals surface area (Å²) < 4.78 is 43.2. The van der Waals surface area contributed by atoms with E-state index in [1.165, 1.54) is 30.5 Å². The Morgan fingerprint density at radius 2 is 2.00 bits per heavy atom. The van der Waals surface area contributed by atoms with Crippen LogP contribution in [0.2, 0.25) is 0 Å². The van der Waals surface area contributed by atoms with Crippen LogP contribution in [0, 0.1) is 0 Å². The quantitative estimate of drug-likeness (QED) is 0.395. The average Bonchev–Trinajstić information content (AvgIpc) is 2.46. The molecular weight excluding hydrogens is 287 g/mol. The second-order valence-electron chi connectivity index (χ2n) is 3.96. The van der Waals surface area contributed by atoms with Crippen molar-refractivity contribution in [3.8, 4) is 11.5 Å². The number of pyridine rings is 1. The minimum absolute atomic E-state index is 0.0254. The number of aromatic nitrogens is 1. The van der Waals surface area contributed by atoms with Gasteiger partial charge in [-0.1, -0.05) is 11.2 Å². The largest absolute Gasteiger partial charge is 0.455 e. The summed E-state index contributed by atoms with van der Waals surface area (Å²) in [5.74, 6) is -0.269. The van der Waals surface area contributed by atoms with Crippen molar-refractivity contribution in [2.75, 3.05) is 0 Å². The second kappa shape index (κ2) is 5.70. The molecule has 0 aliphatic carbocycles. The third-order valence-electron chi connectivity index (χ3n) is 2.51. The van der Waals surface area contributed by atoms with Crippen LogP contribution in [-0.2, 0) is 6.18 Å². The third kappa shape index (κ3) is 3.41. The van der Waals surface area contributed by atoms with E-state index in [0.29, 0.717) is 0 Å². The summed E-state index contributed by atoms with van der Waals surface area (Å²) in [6.45, 7) is 0. The van der Waals surface area contributed by atoms with Crippen LogP contribution in [0.15, 0.2) is 47.8 Å². The van der Waals surface area contributed by atoms with Crippen molar-refractivity contribution in [2.24, 2.45) is 10.9 Å². The number of benzene rings is 1. The molecule has 5 nitrogen and oxygen atoms in total. The van der Waals surface area contributed by atoms with E-state index in [1.54, 1.807) is 0 Å². The first-order chi connectivity index (χ1) is 9.91. The van der Waals surface area contributed by atoms with Crippen molar-refractivity contribution in [3.63, 3.8) is 0 Å². The van der Waals surface area contributed by atoms with Crippen LogP contribution >= 0.6 is 0 Å². The summed E-state index contributed by atoms with van der Waals surface area (Å²) in [5, 5.41) is 11.4. The molecular formula is C13H10F3N3O2. The zero-order chi connectivity index (χ0) is 15.5. The molecule has 0 amide bonds. The highest BCUT2D eigenvalue weighted by Gasteiger charge is 2.30. The molecule has 21 heavy (non-hydrogen) atoms. The van der Waals surface area contributed by atoms with Crippen molar-refractivity contribution in [3.05, 3.63) is 53.9 Å². The first kappa shape index (κ1) is 14.6. The second-order valence-corrected chi connectivity index (χ2v) is 3.96. The standard InChI is InChI=1S/C13H10F3N3O2/c14-13(15,16)8-3-1-4-9(7-8)21-10-5-2-6-18-11(10)12(17)19-20/h1-7,20H,(H2,17,19). The van der Waals surface area contributed by atoms with Gasteiger partial charge < -0.3 is 15.7 Å². The Bertz CT molecular complexity index is 672. The zero-order valence-electron chi connectivity index (χ0n) is 10.5. The van der Waals surface area contributed by atoms with Gasteiger partial charge in [0.25, 0.3) is 0 Å². The molecule has 2 aromatic rings. The van der Waals surface area contributed by atoms with Gasteiger partial charge in [-0.2, -0.15) is 13.2 Å². The third-order valence-corrected chi connectivity index (χ3v) is 2.51. The van der Waals surface area contributed by atoms with E-state index in [-0.39, 0.29) is 23.0 Å². The Morgan fingerprint density at radius 3 is 2.67 bits per heavy atom. The van der Waals surface area contributed by atoms with E-state index in [4.69, 9.17) is 15.7 Å². The number of ether oxygens (including phenoxy) is 1. The van der Waals surface area contributed by atoms with E-state index in [1.807, 2.05) is 0 Å². The van der Waals surface area contributed by atoms with Gasteiger partial charge in [-0.3, -0.25) is 0 Å². The van der Waals surface area contributed by atoms with Crippen LogP contribution in [0.3, 0.4) is 0 Å². The molecule has 1 heterocycles. The Kier molecular flexibility index (Phi) is 3.97. The Hall–Kier alpha value is -2.77. The lowest BCUT2D eigenvalue weighted by Gasteiger charge is -2.11. The number of nitrogens with two attached hydrogens (primary N) is 1. The Labute approximate surface area is 117 Å². The molecule has 0 saturated carbocycles. The molecule has 0 saturated heterocycles. The minimum Gasteiger partial charge on any atom is -0.455 e. The predicted molar refractivity (Wildman–Crippen MR) is 68.3 cm³/mol. The molecule has 0 spiro atoms. The number of hydrogen-bond donors (Lipinski definition) is 2. The number of halogens is 3. The van der Waals surface area contributed by atoms with Gasteiger partial charge in [0.1, 0.15) is 5.75 Å². The topological polar surface area (TPSA) is 80.7 Å². The lowest BCUT2D eigenvalue weighted by molar-refractivity contribution is -0.137. The van der Waals surface area contributed by atoms with E-state index >= 15 is 0 Å². The van der Waals surface area contributed by atoms with Crippen LogP contribution in [0.4, 0.5) is 13.2 Å². The number of oxime groups is 1. The molecule has 0 fully saturated rings. The van der Waals surface area contributed by atoms with E-state index in [0.717, 1.165) is 12.1 Å². The molecule has 1 aromatic carbocycles. The molecule has 110 valence electrons. The lowest BCUT2D eigenvalue weighted by Crippen LogP contribution is -2.16. The highest BCUT2D eigenvalue weighted by molar-refractivity contribution is 5.97. The molecule has 2 rings (SSSR count). The Morgan fingerprint density at radius 1 is 1.24 bits per heavy atom. The fourth-order valence-corrected chi connectivity index (χ4v) is 1.58. The van der Waals surface area contributed by atoms with E-state index < -0.39 is 11.7 Å². The number of rotatable bonds is 3. The molecule has 1 aromatic heterocycles. The van der Waals surface area contributed by atoms with Crippen LogP contribution in [0.1, 0.15) is 11.3 Å². The van der Waals surface area contributed by atoms with Crippen molar-refractivity contribution in [2.45, 2.75) is 6.18 Å². The summed E-state index contributed by atoms with van der Waals surface area (Å²) in [7, 11) is 0. The SMILES string of the molecule is N/C(=N/O)c1ncccc1Oc1cccc(C(F)(F)F)c1. The lowest BCUT2D eigenvalue weighted by atomic mass is 10.2. The number of hydrogen-bond acceptors (Lipinski definition) is 4. The predicted octanol–water partition coefficient (Wildman–Crippen LogP) is 2.99. The smallest absolute Gasteiger partial charge is 0.416 e. The summed E-state index contributed by atoms with van der Waals surface area (Å²) in [6.07, 6.45) is -3.09. The minimum atomic E-state index is -4.47. The van der Waals surface area contributed by atoms with Crippen molar-refractivity contribution in [1.29, 1.82) is 0 Å². The van der Waals surface area contributed by atoms with Crippen LogP contribution in [0.5, 0.6) is 11.5 Å². The summed E-state index contributed by atoms with van der Waals surface area (Å²) >= 11 is 0. The summed E-state index contributed by atoms with van der Waals surface area (Å²) in [6, 6.07) is 7.32. The molecule has 0 bridgehead atoms. The van der Waals surface area contributed by atoms with Gasteiger partial charge >= 0.3 is 6.18 Å². The van der Waals surface area contributed by atoms with Crippen molar-refractivity contribution >= 4 is 5.84 Å². The highest BCUT2D eigenvalue weighted by atomic mass is 19.4. The van der Waals surface area contributed by atoms with Gasteiger partial charge in [-0.15, -0.1) is 0 Å². The molecule has 0 aliphatic rings. The van der Waals surface area contributed by atoms with Crippen LogP contribution in [-0.4, -0.2) is 16.0 Å². The van der Waals surface area contributed by atoms with Crippen LogP contribution < -0.4 is 10.5 Å². The van der Waals surface area contributed by atoms with Gasteiger partial charge in [-0.25, -0.2) is 4.98 Å². The fraction of sp³-hybridized carbons (Fsp3) is 0.0769. The molecule has 0 aliphatic heterocycles. The normalized spacial score (nSPS) is 12.2. The Balaban J connectivity index is 2.35. The van der Waals surface area contributed by atoms with E-state index in [2.05, 4.69) is 10.1 Å². The van der Waals surface area contributed by atoms with Gasteiger partial charge in [0.05, 0.1) is 5.56 Å². The first-order valence-electron chi connectivity index (χ1n) is 5.70. The number of nitrogens with zero attached hydrogens (tertiary/aromatic N) is 2. The molecule has 0 atom stereocenters. The molecule has 8 heteroatoms. The molecule has 0 radical (unpaired) electrons. The first-order valence-corrected chi connectivity index (χ1v) is 5.70.